The fourth-order valence-electron chi connectivity index (χ4n) is 3.24. The molecule has 0 fully saturated rings. The van der Waals surface area contributed by atoms with Gasteiger partial charge in [0.15, 0.2) is 0 Å². The molecular weight excluding hydrogens is 336 g/mol. The fraction of sp³-hybridized carbons (Fsp3) is 0.235. The van der Waals surface area contributed by atoms with Crippen molar-refractivity contribution in [3.05, 3.63) is 59.7 Å². The highest BCUT2D eigenvalue weighted by Crippen LogP contribution is 2.52. The van der Waals surface area contributed by atoms with Gasteiger partial charge < -0.3 is 0 Å². The summed E-state index contributed by atoms with van der Waals surface area (Å²) in [7, 11) is 0. The Morgan fingerprint density at radius 1 is 1.00 bits per heavy atom. The normalized spacial score (nSPS) is 14.7. The van der Waals surface area contributed by atoms with Gasteiger partial charge in [-0.05, 0) is 46.7 Å². The fourth-order valence-corrected chi connectivity index (χ4v) is 3.82. The molecule has 2 aromatic rings. The minimum absolute atomic E-state index is 0.282. The van der Waals surface area contributed by atoms with Crippen molar-refractivity contribution in [2.75, 3.05) is 5.33 Å². The summed E-state index contributed by atoms with van der Waals surface area (Å²) in [4.78, 5) is 12.3. The second kappa shape index (κ2) is 5.34. The van der Waals surface area contributed by atoms with Crippen LogP contribution in [0.2, 0.25) is 0 Å². The van der Waals surface area contributed by atoms with Gasteiger partial charge in [0.05, 0.1) is 5.41 Å². The second-order valence-electron chi connectivity index (χ2n) is 5.06. The van der Waals surface area contributed by atoms with E-state index in [0.29, 0.717) is 0 Å². The van der Waals surface area contributed by atoms with Gasteiger partial charge in [0, 0.05) is 5.33 Å². The van der Waals surface area contributed by atoms with Crippen LogP contribution < -0.4 is 0 Å². The SMILES string of the molecule is O=C(Cl)C1(CCCBr)c2ccccc2-c2ccccc21. The quantitative estimate of drug-likeness (QED) is 0.567. The molecule has 1 aliphatic carbocycles. The maximum atomic E-state index is 12.3. The topological polar surface area (TPSA) is 17.1 Å². The Bertz CT molecular complexity index is 620. The highest BCUT2D eigenvalue weighted by Gasteiger charge is 2.47. The Labute approximate surface area is 132 Å². The summed E-state index contributed by atoms with van der Waals surface area (Å²) in [5.74, 6) is 0. The number of hydrogen-bond donors (Lipinski definition) is 0. The lowest BCUT2D eigenvalue weighted by Gasteiger charge is -2.27. The Hall–Kier alpha value is -1.12. The van der Waals surface area contributed by atoms with Crippen molar-refractivity contribution in [2.24, 2.45) is 0 Å². The van der Waals surface area contributed by atoms with Gasteiger partial charge in [-0.2, -0.15) is 0 Å². The van der Waals surface area contributed by atoms with Crippen molar-refractivity contribution in [3.8, 4) is 11.1 Å². The monoisotopic (exact) mass is 348 g/mol. The van der Waals surface area contributed by atoms with Crippen LogP contribution in [0.25, 0.3) is 11.1 Å². The third kappa shape index (κ3) is 1.86. The first-order chi connectivity index (χ1) is 9.71. The van der Waals surface area contributed by atoms with E-state index in [0.717, 1.165) is 40.4 Å². The molecule has 0 spiro atoms. The Balaban J connectivity index is 2.30. The van der Waals surface area contributed by atoms with Gasteiger partial charge in [0.2, 0.25) is 5.24 Å². The summed E-state index contributed by atoms with van der Waals surface area (Å²) < 4.78 is 0. The number of alkyl halides is 1. The van der Waals surface area contributed by atoms with Gasteiger partial charge in [-0.3, -0.25) is 4.79 Å². The van der Waals surface area contributed by atoms with E-state index in [4.69, 9.17) is 11.6 Å². The molecule has 1 nitrogen and oxygen atoms in total. The smallest absolute Gasteiger partial charge is 0.236 e. The average Bonchev–Trinajstić information content (AvgIpc) is 2.77. The lowest BCUT2D eigenvalue weighted by Crippen LogP contribution is -2.32. The van der Waals surface area contributed by atoms with Crippen molar-refractivity contribution >= 4 is 32.8 Å². The zero-order valence-corrected chi connectivity index (χ0v) is 13.2. The van der Waals surface area contributed by atoms with E-state index in [-0.39, 0.29) is 5.24 Å². The van der Waals surface area contributed by atoms with E-state index in [9.17, 15) is 4.79 Å². The van der Waals surface area contributed by atoms with Crippen molar-refractivity contribution < 1.29 is 4.79 Å². The summed E-state index contributed by atoms with van der Waals surface area (Å²) >= 11 is 9.53. The van der Waals surface area contributed by atoms with E-state index in [1.54, 1.807) is 0 Å². The first-order valence-electron chi connectivity index (χ1n) is 6.67. The molecule has 3 heteroatoms. The van der Waals surface area contributed by atoms with Gasteiger partial charge in [-0.25, -0.2) is 0 Å². The predicted molar refractivity (Wildman–Crippen MR) is 86.5 cm³/mol. The van der Waals surface area contributed by atoms with E-state index in [2.05, 4.69) is 28.1 Å². The van der Waals surface area contributed by atoms with E-state index >= 15 is 0 Å². The number of carbonyl (C=O) groups is 1. The Kier molecular flexibility index (Phi) is 3.70. The maximum absolute atomic E-state index is 12.3. The van der Waals surface area contributed by atoms with Crippen molar-refractivity contribution in [2.45, 2.75) is 18.3 Å². The van der Waals surface area contributed by atoms with E-state index in [1.807, 2.05) is 36.4 Å². The van der Waals surface area contributed by atoms with Crippen molar-refractivity contribution in [1.82, 2.24) is 0 Å². The molecule has 3 rings (SSSR count). The molecule has 0 atom stereocenters. The number of hydrogen-bond acceptors (Lipinski definition) is 1. The lowest BCUT2D eigenvalue weighted by atomic mass is 9.76. The Morgan fingerprint density at radius 3 is 1.95 bits per heavy atom. The zero-order chi connectivity index (χ0) is 14.2. The molecule has 0 radical (unpaired) electrons. The highest BCUT2D eigenvalue weighted by molar-refractivity contribution is 9.09. The molecule has 0 N–H and O–H groups in total. The zero-order valence-electron chi connectivity index (χ0n) is 10.9. The average molecular weight is 350 g/mol. The largest absolute Gasteiger partial charge is 0.280 e. The van der Waals surface area contributed by atoms with E-state index in [1.165, 1.54) is 0 Å². The minimum Gasteiger partial charge on any atom is -0.280 e. The van der Waals surface area contributed by atoms with Gasteiger partial charge in [-0.1, -0.05) is 64.5 Å². The van der Waals surface area contributed by atoms with Crippen LogP contribution in [0.3, 0.4) is 0 Å². The van der Waals surface area contributed by atoms with Crippen LogP contribution in [-0.2, 0) is 10.2 Å². The van der Waals surface area contributed by atoms with Crippen LogP contribution in [0, 0.1) is 0 Å². The third-order valence-corrected chi connectivity index (χ3v) is 4.97. The maximum Gasteiger partial charge on any atom is 0.236 e. The van der Waals surface area contributed by atoms with Crippen LogP contribution in [0.1, 0.15) is 24.0 Å². The molecule has 0 amide bonds. The van der Waals surface area contributed by atoms with Crippen LogP contribution in [-0.4, -0.2) is 10.6 Å². The summed E-state index contributed by atoms with van der Waals surface area (Å²) in [6.45, 7) is 0. The first kappa shape index (κ1) is 13.8. The van der Waals surface area contributed by atoms with Gasteiger partial charge in [0.25, 0.3) is 0 Å². The Morgan fingerprint density at radius 2 is 1.50 bits per heavy atom. The number of carbonyl (C=O) groups excluding carboxylic acids is 1. The number of rotatable bonds is 4. The summed E-state index contributed by atoms with van der Waals surface area (Å²) in [6, 6.07) is 16.2. The van der Waals surface area contributed by atoms with Crippen LogP contribution >= 0.6 is 27.5 Å². The molecule has 2 aromatic carbocycles. The molecular formula is C17H14BrClO. The molecule has 0 aliphatic heterocycles. The van der Waals surface area contributed by atoms with Crippen molar-refractivity contribution in [3.63, 3.8) is 0 Å². The molecule has 0 aromatic heterocycles. The first-order valence-corrected chi connectivity index (χ1v) is 8.17. The summed E-state index contributed by atoms with van der Waals surface area (Å²) in [5.41, 5.74) is 3.66. The molecule has 0 saturated carbocycles. The third-order valence-electron chi connectivity index (χ3n) is 4.08. The lowest BCUT2D eigenvalue weighted by molar-refractivity contribution is -0.115. The number of benzene rings is 2. The molecule has 0 bridgehead atoms. The van der Waals surface area contributed by atoms with Gasteiger partial charge >= 0.3 is 0 Å². The van der Waals surface area contributed by atoms with Gasteiger partial charge in [0.1, 0.15) is 0 Å². The van der Waals surface area contributed by atoms with Crippen molar-refractivity contribution in [1.29, 1.82) is 0 Å². The molecule has 0 saturated heterocycles. The highest BCUT2D eigenvalue weighted by atomic mass is 79.9. The molecule has 20 heavy (non-hydrogen) atoms. The second-order valence-corrected chi connectivity index (χ2v) is 6.20. The van der Waals surface area contributed by atoms with Crippen LogP contribution in [0.5, 0.6) is 0 Å². The molecule has 1 aliphatic rings. The number of fused-ring (bicyclic) bond motifs is 3. The molecule has 0 heterocycles. The van der Waals surface area contributed by atoms with Crippen LogP contribution in [0.4, 0.5) is 0 Å². The number of halogens is 2. The molecule has 0 unspecified atom stereocenters. The van der Waals surface area contributed by atoms with Crippen LogP contribution in [0.15, 0.2) is 48.5 Å². The van der Waals surface area contributed by atoms with E-state index < -0.39 is 5.41 Å². The predicted octanol–water partition coefficient (Wildman–Crippen LogP) is 4.89. The molecule has 102 valence electrons. The summed E-state index contributed by atoms with van der Waals surface area (Å²) in [6.07, 6.45) is 1.63. The van der Waals surface area contributed by atoms with Gasteiger partial charge in [-0.15, -0.1) is 0 Å². The summed E-state index contributed by atoms with van der Waals surface area (Å²) in [5, 5.41) is 0.583. The minimum atomic E-state index is -0.692. The standard InChI is InChI=1S/C17H14BrClO/c18-11-5-10-17(16(19)20)14-8-3-1-6-12(14)13-7-2-4-9-15(13)17/h1-4,6-9H,5,10-11H2.